The van der Waals surface area contributed by atoms with Gasteiger partial charge in [-0.05, 0) is 48.7 Å². The first-order valence-corrected chi connectivity index (χ1v) is 10.4. The Balaban J connectivity index is 1.41. The molecule has 31 heavy (non-hydrogen) atoms. The van der Waals surface area contributed by atoms with Crippen LogP contribution in [0, 0.1) is 0 Å². The second-order valence-electron chi connectivity index (χ2n) is 8.15. The van der Waals surface area contributed by atoms with Gasteiger partial charge in [-0.1, -0.05) is 30.3 Å². The smallest absolute Gasteiger partial charge is 0.255 e. The summed E-state index contributed by atoms with van der Waals surface area (Å²) >= 11 is 0. The highest BCUT2D eigenvalue weighted by molar-refractivity contribution is 5.95. The lowest BCUT2D eigenvalue weighted by Crippen LogP contribution is -2.30. The minimum absolute atomic E-state index is 0.0451. The first kappa shape index (κ1) is 20.7. The van der Waals surface area contributed by atoms with Crippen molar-refractivity contribution in [2.45, 2.75) is 32.5 Å². The van der Waals surface area contributed by atoms with Crippen molar-refractivity contribution >= 4 is 17.5 Å². The first-order chi connectivity index (χ1) is 14.9. The third-order valence-electron chi connectivity index (χ3n) is 5.71. The normalized spacial score (nSPS) is 14.9. The maximum Gasteiger partial charge on any atom is 0.255 e. The quantitative estimate of drug-likeness (QED) is 0.661. The number of carbonyl (C=O) groups is 2. The number of amides is 2. The zero-order valence-corrected chi connectivity index (χ0v) is 18.1. The number of para-hydroxylation sites is 1. The Kier molecular flexibility index (Phi) is 5.80. The van der Waals surface area contributed by atoms with Crippen molar-refractivity contribution in [3.8, 4) is 0 Å². The van der Waals surface area contributed by atoms with Gasteiger partial charge in [-0.15, -0.1) is 0 Å². The van der Waals surface area contributed by atoms with Gasteiger partial charge in [0.05, 0.1) is 18.4 Å². The van der Waals surface area contributed by atoms with Crippen LogP contribution in [0.2, 0.25) is 0 Å². The van der Waals surface area contributed by atoms with E-state index >= 15 is 0 Å². The highest BCUT2D eigenvalue weighted by Gasteiger charge is 2.28. The summed E-state index contributed by atoms with van der Waals surface area (Å²) < 4.78 is 5.68. The van der Waals surface area contributed by atoms with Crippen LogP contribution < -0.4 is 10.2 Å². The van der Waals surface area contributed by atoms with E-state index < -0.39 is 0 Å². The zero-order valence-electron chi connectivity index (χ0n) is 18.1. The van der Waals surface area contributed by atoms with Crippen molar-refractivity contribution in [3.63, 3.8) is 0 Å². The molecule has 1 atom stereocenters. The molecule has 6 heteroatoms. The van der Waals surface area contributed by atoms with E-state index in [2.05, 4.69) is 35.3 Å². The summed E-state index contributed by atoms with van der Waals surface area (Å²) in [5, 5.41) is 2.96. The highest BCUT2D eigenvalue weighted by Crippen LogP contribution is 2.33. The zero-order chi connectivity index (χ0) is 22.0. The molecule has 6 nitrogen and oxygen atoms in total. The second-order valence-corrected chi connectivity index (χ2v) is 8.15. The molecule has 2 aromatic carbocycles. The number of hydrogen-bond donors (Lipinski definition) is 1. The van der Waals surface area contributed by atoms with Crippen LogP contribution in [-0.2, 0) is 19.5 Å². The molecule has 4 rings (SSSR count). The van der Waals surface area contributed by atoms with Crippen molar-refractivity contribution < 1.29 is 14.0 Å². The van der Waals surface area contributed by atoms with Crippen LogP contribution in [0.3, 0.4) is 0 Å². The molecular formula is C25H27N3O3. The lowest BCUT2D eigenvalue weighted by Gasteiger charge is -2.24. The molecule has 0 saturated heterocycles. The van der Waals surface area contributed by atoms with Crippen molar-refractivity contribution in [1.29, 1.82) is 0 Å². The molecule has 2 heterocycles. The number of rotatable bonds is 6. The van der Waals surface area contributed by atoms with Crippen LogP contribution >= 0.6 is 0 Å². The molecule has 0 aliphatic carbocycles. The van der Waals surface area contributed by atoms with E-state index in [-0.39, 0.29) is 11.8 Å². The Morgan fingerprint density at radius 1 is 1.10 bits per heavy atom. The first-order valence-electron chi connectivity index (χ1n) is 10.4. The second kappa shape index (κ2) is 8.68. The number of nitrogens with zero attached hydrogens (tertiary/aromatic N) is 2. The third kappa shape index (κ3) is 4.33. The highest BCUT2D eigenvalue weighted by atomic mass is 16.3. The van der Waals surface area contributed by atoms with Gasteiger partial charge < -0.3 is 19.5 Å². The van der Waals surface area contributed by atoms with Crippen LogP contribution in [-0.4, -0.2) is 36.9 Å². The number of anilines is 1. The Hall–Kier alpha value is -3.54. The maximum atomic E-state index is 12.8. The number of benzene rings is 2. The molecule has 0 fully saturated rings. The van der Waals surface area contributed by atoms with Crippen molar-refractivity contribution in [2.75, 3.05) is 19.0 Å². The van der Waals surface area contributed by atoms with E-state index in [1.54, 1.807) is 38.6 Å². The number of furan rings is 1. The van der Waals surface area contributed by atoms with E-state index in [4.69, 9.17) is 4.42 Å². The van der Waals surface area contributed by atoms with E-state index in [9.17, 15) is 9.59 Å². The fourth-order valence-corrected chi connectivity index (χ4v) is 3.99. The van der Waals surface area contributed by atoms with Gasteiger partial charge >= 0.3 is 0 Å². The summed E-state index contributed by atoms with van der Waals surface area (Å²) in [5.41, 5.74) is 4.62. The summed E-state index contributed by atoms with van der Waals surface area (Å²) in [6.07, 6.45) is 2.56. The average Bonchev–Trinajstić information content (AvgIpc) is 3.36. The minimum atomic E-state index is -0.169. The molecule has 1 aliphatic heterocycles. The van der Waals surface area contributed by atoms with Gasteiger partial charge in [0.2, 0.25) is 0 Å². The summed E-state index contributed by atoms with van der Waals surface area (Å²) in [7, 11) is 3.45. The molecule has 3 aromatic rings. The molecular weight excluding hydrogens is 390 g/mol. The number of hydrogen-bond acceptors (Lipinski definition) is 4. The van der Waals surface area contributed by atoms with Gasteiger partial charge in [0.15, 0.2) is 0 Å². The topological polar surface area (TPSA) is 65.8 Å². The van der Waals surface area contributed by atoms with Gasteiger partial charge in [0, 0.05) is 37.9 Å². The molecule has 1 N–H and O–H groups in total. The summed E-state index contributed by atoms with van der Waals surface area (Å²) in [6, 6.07) is 17.7. The molecule has 0 spiro atoms. The van der Waals surface area contributed by atoms with Crippen LogP contribution in [0.1, 0.15) is 44.5 Å². The number of nitrogens with one attached hydrogen (secondary N) is 1. The third-order valence-corrected chi connectivity index (χ3v) is 5.71. The molecule has 2 amide bonds. The predicted molar refractivity (Wildman–Crippen MR) is 120 cm³/mol. The molecule has 0 radical (unpaired) electrons. The summed E-state index contributed by atoms with van der Waals surface area (Å²) in [4.78, 5) is 28.6. The Labute approximate surface area is 182 Å². The van der Waals surface area contributed by atoms with Gasteiger partial charge in [-0.25, -0.2) is 0 Å². The number of carbonyl (C=O) groups excluding carboxylic acids is 2. The van der Waals surface area contributed by atoms with E-state index in [1.165, 1.54) is 16.2 Å². The van der Waals surface area contributed by atoms with E-state index in [0.717, 1.165) is 12.0 Å². The van der Waals surface area contributed by atoms with Gasteiger partial charge in [-0.2, -0.15) is 0 Å². The molecule has 160 valence electrons. The lowest BCUT2D eigenvalue weighted by molar-refractivity contribution is 0.0827. The minimum Gasteiger partial charge on any atom is -0.467 e. The van der Waals surface area contributed by atoms with Crippen molar-refractivity contribution in [2.24, 2.45) is 0 Å². The maximum absolute atomic E-state index is 12.8. The fourth-order valence-electron chi connectivity index (χ4n) is 3.99. The summed E-state index contributed by atoms with van der Waals surface area (Å²) in [5.74, 6) is 0.446. The lowest BCUT2D eigenvalue weighted by atomic mass is 10.1. The molecule has 1 aliphatic rings. The predicted octanol–water partition coefficient (Wildman–Crippen LogP) is 3.86. The standard InChI is InChI=1S/C25H27N3O3/c1-17-14-20-6-4-5-7-22(20)28(17)16-23-21(12-13-31-23)24(29)26-15-18-8-10-19(11-9-18)25(30)27(2)3/h4-13,17H,14-16H2,1-3H3,(H,26,29). The van der Waals surface area contributed by atoms with Crippen LogP contribution in [0.25, 0.3) is 0 Å². The molecule has 0 bridgehead atoms. The van der Waals surface area contributed by atoms with Crippen molar-refractivity contribution in [3.05, 3.63) is 88.9 Å². The van der Waals surface area contributed by atoms with Crippen LogP contribution in [0.5, 0.6) is 0 Å². The number of fused-ring (bicyclic) bond motifs is 1. The van der Waals surface area contributed by atoms with Gasteiger partial charge in [-0.3, -0.25) is 9.59 Å². The van der Waals surface area contributed by atoms with Gasteiger partial charge in [0.25, 0.3) is 11.8 Å². The van der Waals surface area contributed by atoms with Gasteiger partial charge in [0.1, 0.15) is 5.76 Å². The monoisotopic (exact) mass is 417 g/mol. The largest absolute Gasteiger partial charge is 0.467 e. The van der Waals surface area contributed by atoms with Crippen LogP contribution in [0.4, 0.5) is 5.69 Å². The fraction of sp³-hybridized carbons (Fsp3) is 0.280. The molecule has 0 saturated carbocycles. The summed E-state index contributed by atoms with van der Waals surface area (Å²) in [6.45, 7) is 3.12. The van der Waals surface area contributed by atoms with Crippen LogP contribution in [0.15, 0.2) is 65.3 Å². The van der Waals surface area contributed by atoms with E-state index in [1.807, 2.05) is 18.2 Å². The molecule has 1 aromatic heterocycles. The van der Waals surface area contributed by atoms with E-state index in [0.29, 0.717) is 36.0 Å². The Morgan fingerprint density at radius 2 is 1.84 bits per heavy atom. The molecule has 1 unspecified atom stereocenters. The Bertz CT molecular complexity index is 1090. The SMILES string of the molecule is CC1Cc2ccccc2N1Cc1occc1C(=O)NCc1ccc(C(=O)N(C)C)cc1. The average molecular weight is 418 g/mol. The Morgan fingerprint density at radius 3 is 2.58 bits per heavy atom. The van der Waals surface area contributed by atoms with Crippen molar-refractivity contribution in [1.82, 2.24) is 10.2 Å².